The van der Waals surface area contributed by atoms with Crippen LogP contribution >= 0.6 is 11.6 Å². The lowest BCUT2D eigenvalue weighted by Gasteiger charge is -2.18. The van der Waals surface area contributed by atoms with Crippen LogP contribution in [0.25, 0.3) is 0 Å². The van der Waals surface area contributed by atoms with Crippen LogP contribution in [0.15, 0.2) is 30.6 Å². The first-order chi connectivity index (χ1) is 10.2. The van der Waals surface area contributed by atoms with Gasteiger partial charge in [-0.1, -0.05) is 11.6 Å². The highest BCUT2D eigenvalue weighted by molar-refractivity contribution is 6.30. The summed E-state index contributed by atoms with van der Waals surface area (Å²) in [6.07, 6.45) is 5.61. The Hall–Kier alpha value is -1.75. The van der Waals surface area contributed by atoms with Gasteiger partial charge in [0.1, 0.15) is 6.61 Å². The van der Waals surface area contributed by atoms with Crippen molar-refractivity contribution in [2.24, 2.45) is 0 Å². The molecule has 112 valence electrons. The maximum absolute atomic E-state index is 14.0. The zero-order chi connectivity index (χ0) is 14.7. The summed E-state index contributed by atoms with van der Waals surface area (Å²) in [6, 6.07) is 5.15. The number of nitrogens with zero attached hydrogens (tertiary/aromatic N) is 3. The van der Waals surface area contributed by atoms with E-state index in [1.807, 2.05) is 6.07 Å². The molecule has 0 radical (unpaired) electrons. The van der Waals surface area contributed by atoms with Crippen LogP contribution in [0.1, 0.15) is 12.8 Å². The monoisotopic (exact) mass is 309 g/mol. The average molecular weight is 310 g/mol. The van der Waals surface area contributed by atoms with Gasteiger partial charge in [-0.05, 0) is 25.0 Å². The fourth-order valence-corrected chi connectivity index (χ4v) is 2.64. The number of ether oxygens (including phenoxy) is 1. The summed E-state index contributed by atoms with van der Waals surface area (Å²) in [5.41, 5.74) is 0.927. The Bertz CT molecular complexity index is 611. The van der Waals surface area contributed by atoms with Crippen molar-refractivity contribution in [2.75, 3.05) is 24.6 Å². The number of hydrogen-bond acceptors (Lipinski definition) is 3. The van der Waals surface area contributed by atoms with Crippen molar-refractivity contribution >= 4 is 17.3 Å². The van der Waals surface area contributed by atoms with Gasteiger partial charge >= 0.3 is 0 Å². The molecule has 0 spiro atoms. The molecule has 2 aromatic rings. The van der Waals surface area contributed by atoms with Crippen molar-refractivity contribution in [2.45, 2.75) is 19.4 Å². The number of halogens is 2. The second kappa shape index (κ2) is 6.35. The molecule has 0 amide bonds. The Morgan fingerprint density at radius 1 is 1.29 bits per heavy atom. The second-order valence-corrected chi connectivity index (χ2v) is 5.52. The largest absolute Gasteiger partial charge is 0.489 e. The van der Waals surface area contributed by atoms with Crippen LogP contribution in [0.4, 0.5) is 10.1 Å². The quantitative estimate of drug-likeness (QED) is 0.848. The first kappa shape index (κ1) is 14.2. The predicted molar refractivity (Wildman–Crippen MR) is 80.6 cm³/mol. The summed E-state index contributed by atoms with van der Waals surface area (Å²) in [6.45, 7) is 2.87. The molecule has 4 nitrogen and oxygen atoms in total. The molecule has 1 aliphatic heterocycles. The third-order valence-corrected chi connectivity index (χ3v) is 3.76. The molecule has 0 atom stereocenters. The minimum Gasteiger partial charge on any atom is -0.489 e. The van der Waals surface area contributed by atoms with E-state index in [-0.39, 0.29) is 11.6 Å². The molecule has 0 unspecified atom stereocenters. The van der Waals surface area contributed by atoms with Crippen LogP contribution in [-0.4, -0.2) is 29.5 Å². The van der Waals surface area contributed by atoms with Gasteiger partial charge in [-0.3, -0.25) is 4.68 Å². The number of rotatable bonds is 5. The summed E-state index contributed by atoms with van der Waals surface area (Å²) in [7, 11) is 0. The number of benzene rings is 1. The Kier molecular flexibility index (Phi) is 4.29. The second-order valence-electron chi connectivity index (χ2n) is 5.08. The fraction of sp³-hybridized carbons (Fsp3) is 0.400. The lowest BCUT2D eigenvalue weighted by Crippen LogP contribution is -2.17. The van der Waals surface area contributed by atoms with Crippen LogP contribution < -0.4 is 9.64 Å². The van der Waals surface area contributed by atoms with Crippen LogP contribution in [0.3, 0.4) is 0 Å². The highest BCUT2D eigenvalue weighted by Crippen LogP contribution is 2.26. The summed E-state index contributed by atoms with van der Waals surface area (Å²) in [4.78, 5) is 2.19. The van der Waals surface area contributed by atoms with Crippen molar-refractivity contribution < 1.29 is 9.13 Å². The SMILES string of the molecule is Fc1cc(N2CCCC2)ccc1OCCn1cc(Cl)cn1. The van der Waals surface area contributed by atoms with E-state index in [0.29, 0.717) is 18.2 Å². The highest BCUT2D eigenvalue weighted by atomic mass is 35.5. The van der Waals surface area contributed by atoms with Gasteiger partial charge in [0, 0.05) is 31.0 Å². The standard InChI is InChI=1S/C15H17ClFN3O/c16-12-10-18-20(11-12)7-8-21-15-4-3-13(9-14(15)17)19-5-1-2-6-19/h3-4,9-11H,1-2,5-8H2. The fourth-order valence-electron chi connectivity index (χ4n) is 2.49. The zero-order valence-electron chi connectivity index (χ0n) is 11.6. The predicted octanol–water partition coefficient (Wildman–Crippen LogP) is 3.35. The highest BCUT2D eigenvalue weighted by Gasteiger charge is 2.14. The molecule has 0 aliphatic carbocycles. The molecule has 0 N–H and O–H groups in total. The Balaban J connectivity index is 1.57. The van der Waals surface area contributed by atoms with E-state index in [9.17, 15) is 4.39 Å². The van der Waals surface area contributed by atoms with Crippen molar-refractivity contribution in [3.63, 3.8) is 0 Å². The molecule has 0 saturated carbocycles. The van der Waals surface area contributed by atoms with E-state index in [0.717, 1.165) is 18.8 Å². The minimum absolute atomic E-state index is 0.274. The van der Waals surface area contributed by atoms with Crippen molar-refractivity contribution in [1.82, 2.24) is 9.78 Å². The molecule has 6 heteroatoms. The number of aromatic nitrogens is 2. The summed E-state index contributed by atoms with van der Waals surface area (Å²) < 4.78 is 21.2. The molecule has 1 aliphatic rings. The summed E-state index contributed by atoms with van der Waals surface area (Å²) >= 11 is 5.77. The van der Waals surface area contributed by atoms with Crippen LogP contribution in [0.5, 0.6) is 5.75 Å². The molecule has 1 aromatic heterocycles. The van der Waals surface area contributed by atoms with Gasteiger partial charge < -0.3 is 9.64 Å². The topological polar surface area (TPSA) is 30.3 Å². The van der Waals surface area contributed by atoms with E-state index in [2.05, 4.69) is 10.00 Å². The van der Waals surface area contributed by atoms with Crippen molar-refractivity contribution in [3.05, 3.63) is 41.4 Å². The van der Waals surface area contributed by atoms with Gasteiger partial charge in [-0.2, -0.15) is 5.10 Å². The molecule has 1 saturated heterocycles. The maximum Gasteiger partial charge on any atom is 0.167 e. The first-order valence-corrected chi connectivity index (χ1v) is 7.45. The average Bonchev–Trinajstić information content (AvgIpc) is 3.12. The van der Waals surface area contributed by atoms with E-state index < -0.39 is 0 Å². The van der Waals surface area contributed by atoms with Gasteiger partial charge in [0.05, 0.1) is 17.8 Å². The first-order valence-electron chi connectivity index (χ1n) is 7.07. The van der Waals surface area contributed by atoms with Gasteiger partial charge in [0.15, 0.2) is 11.6 Å². The molecular weight excluding hydrogens is 293 g/mol. The third kappa shape index (κ3) is 3.47. The lowest BCUT2D eigenvalue weighted by molar-refractivity contribution is 0.278. The zero-order valence-corrected chi connectivity index (χ0v) is 12.4. The molecule has 0 bridgehead atoms. The number of anilines is 1. The summed E-state index contributed by atoms with van der Waals surface area (Å²) in [5.74, 6) is -0.0471. The van der Waals surface area contributed by atoms with Crippen LogP contribution in [-0.2, 0) is 6.54 Å². The molecule has 1 aromatic carbocycles. The van der Waals surface area contributed by atoms with Gasteiger partial charge in [0.25, 0.3) is 0 Å². The smallest absolute Gasteiger partial charge is 0.167 e. The van der Waals surface area contributed by atoms with Crippen molar-refractivity contribution in [3.8, 4) is 5.75 Å². The minimum atomic E-state index is -0.321. The van der Waals surface area contributed by atoms with Gasteiger partial charge in [-0.25, -0.2) is 4.39 Å². The van der Waals surface area contributed by atoms with Gasteiger partial charge in [0.2, 0.25) is 0 Å². The molecular formula is C15H17ClFN3O. The number of hydrogen-bond donors (Lipinski definition) is 0. The van der Waals surface area contributed by atoms with E-state index in [1.54, 1.807) is 29.2 Å². The van der Waals surface area contributed by atoms with Gasteiger partial charge in [-0.15, -0.1) is 0 Å². The Morgan fingerprint density at radius 3 is 2.76 bits per heavy atom. The van der Waals surface area contributed by atoms with Crippen molar-refractivity contribution in [1.29, 1.82) is 0 Å². The van der Waals surface area contributed by atoms with E-state index in [1.165, 1.54) is 12.8 Å². The lowest BCUT2D eigenvalue weighted by atomic mass is 10.2. The normalized spacial score (nSPS) is 14.7. The summed E-state index contributed by atoms with van der Waals surface area (Å²) in [5, 5.41) is 4.62. The van der Waals surface area contributed by atoms with E-state index in [4.69, 9.17) is 16.3 Å². The van der Waals surface area contributed by atoms with Crippen LogP contribution in [0, 0.1) is 5.82 Å². The molecule has 2 heterocycles. The van der Waals surface area contributed by atoms with Crippen LogP contribution in [0.2, 0.25) is 5.02 Å². The third-order valence-electron chi connectivity index (χ3n) is 3.57. The molecule has 21 heavy (non-hydrogen) atoms. The van der Waals surface area contributed by atoms with E-state index >= 15 is 0 Å². The maximum atomic E-state index is 14.0. The molecule has 1 fully saturated rings. The Labute approximate surface area is 128 Å². The Morgan fingerprint density at radius 2 is 2.10 bits per heavy atom. The molecule has 3 rings (SSSR count).